The molecule has 30 heavy (non-hydrogen) atoms. The highest BCUT2D eigenvalue weighted by molar-refractivity contribution is 6.07. The Hall–Kier alpha value is -3.99. The third-order valence-corrected chi connectivity index (χ3v) is 4.93. The quantitative estimate of drug-likeness (QED) is 0.532. The molecular formula is C25H21N3O2. The summed E-state index contributed by atoms with van der Waals surface area (Å²) in [5.41, 5.74) is 4.58. The Kier molecular flexibility index (Phi) is 5.52. The van der Waals surface area contributed by atoms with Gasteiger partial charge in [-0.2, -0.15) is 0 Å². The summed E-state index contributed by atoms with van der Waals surface area (Å²) in [7, 11) is 1.60. The molecule has 0 aliphatic carbocycles. The van der Waals surface area contributed by atoms with Crippen molar-refractivity contribution >= 4 is 22.7 Å². The van der Waals surface area contributed by atoms with Crippen molar-refractivity contribution in [3.63, 3.8) is 0 Å². The molecule has 0 bridgehead atoms. The number of aromatic nitrogens is 1. The first-order valence-electron chi connectivity index (χ1n) is 9.70. The molecule has 0 atom stereocenters. The van der Waals surface area contributed by atoms with Crippen LogP contribution in [0.5, 0.6) is 0 Å². The van der Waals surface area contributed by atoms with Gasteiger partial charge in [-0.25, -0.2) is 4.98 Å². The van der Waals surface area contributed by atoms with Gasteiger partial charge < -0.3 is 10.6 Å². The predicted molar refractivity (Wildman–Crippen MR) is 118 cm³/mol. The van der Waals surface area contributed by atoms with Crippen LogP contribution in [0, 0.1) is 0 Å². The number of benzene rings is 3. The van der Waals surface area contributed by atoms with Gasteiger partial charge in [-0.15, -0.1) is 0 Å². The van der Waals surface area contributed by atoms with Crippen molar-refractivity contribution in [2.24, 2.45) is 0 Å². The number of carbonyl (C=O) groups is 2. The van der Waals surface area contributed by atoms with E-state index in [0.717, 1.165) is 27.7 Å². The maximum absolute atomic E-state index is 13.0. The van der Waals surface area contributed by atoms with E-state index in [1.165, 1.54) is 0 Å². The number of hydrogen-bond donors (Lipinski definition) is 2. The lowest BCUT2D eigenvalue weighted by atomic mass is 10.0. The minimum absolute atomic E-state index is 0.137. The van der Waals surface area contributed by atoms with Crippen LogP contribution in [0.2, 0.25) is 0 Å². The van der Waals surface area contributed by atoms with E-state index in [1.54, 1.807) is 19.2 Å². The average Bonchev–Trinajstić information content (AvgIpc) is 2.82. The van der Waals surface area contributed by atoms with E-state index in [-0.39, 0.29) is 11.8 Å². The number of para-hydroxylation sites is 1. The van der Waals surface area contributed by atoms with Crippen LogP contribution in [0.15, 0.2) is 84.9 Å². The zero-order valence-corrected chi connectivity index (χ0v) is 16.6. The lowest BCUT2D eigenvalue weighted by Gasteiger charge is -2.11. The van der Waals surface area contributed by atoms with Crippen molar-refractivity contribution in [3.05, 3.63) is 102 Å². The Morgan fingerprint density at radius 2 is 1.53 bits per heavy atom. The Morgan fingerprint density at radius 1 is 0.833 bits per heavy atom. The van der Waals surface area contributed by atoms with Gasteiger partial charge in [-0.05, 0) is 29.8 Å². The zero-order chi connectivity index (χ0) is 20.9. The lowest BCUT2D eigenvalue weighted by molar-refractivity contribution is 0.0947. The summed E-state index contributed by atoms with van der Waals surface area (Å²) in [5, 5.41) is 6.38. The highest BCUT2D eigenvalue weighted by Crippen LogP contribution is 2.24. The molecule has 2 amide bonds. The Bertz CT molecular complexity index is 1200. The number of pyridine rings is 1. The van der Waals surface area contributed by atoms with E-state index < -0.39 is 0 Å². The number of carbonyl (C=O) groups excluding carboxylic acids is 2. The summed E-state index contributed by atoms with van der Waals surface area (Å²) in [5.74, 6) is -0.302. The first-order valence-corrected chi connectivity index (χ1v) is 9.70. The average molecular weight is 395 g/mol. The van der Waals surface area contributed by atoms with Crippen molar-refractivity contribution in [1.82, 2.24) is 15.6 Å². The molecule has 0 aliphatic rings. The Morgan fingerprint density at radius 3 is 2.27 bits per heavy atom. The summed E-state index contributed by atoms with van der Waals surface area (Å²) in [6.45, 7) is 0.365. The van der Waals surface area contributed by atoms with Crippen LogP contribution in [-0.2, 0) is 6.54 Å². The van der Waals surface area contributed by atoms with Gasteiger partial charge >= 0.3 is 0 Å². The number of rotatable bonds is 5. The standard InChI is InChI=1S/C25H21N3O2/c1-26-24(29)19-13-11-17(12-14-19)16-27-25(30)21-15-23(18-7-3-2-4-8-18)28-22-10-6-5-9-20(21)22/h2-15H,16H2,1H3,(H,26,29)(H,27,30). The van der Waals surface area contributed by atoms with Gasteiger partial charge in [0.25, 0.3) is 11.8 Å². The minimum Gasteiger partial charge on any atom is -0.355 e. The maximum Gasteiger partial charge on any atom is 0.252 e. The van der Waals surface area contributed by atoms with Crippen molar-refractivity contribution < 1.29 is 9.59 Å². The third kappa shape index (κ3) is 4.05. The van der Waals surface area contributed by atoms with Crippen LogP contribution in [-0.4, -0.2) is 23.8 Å². The highest BCUT2D eigenvalue weighted by atomic mass is 16.2. The van der Waals surface area contributed by atoms with Gasteiger partial charge in [0, 0.05) is 30.1 Å². The molecule has 0 radical (unpaired) electrons. The molecule has 148 valence electrons. The SMILES string of the molecule is CNC(=O)c1ccc(CNC(=O)c2cc(-c3ccccc3)nc3ccccc23)cc1. The fourth-order valence-corrected chi connectivity index (χ4v) is 3.32. The summed E-state index contributed by atoms with van der Waals surface area (Å²) >= 11 is 0. The predicted octanol–water partition coefficient (Wildman–Crippen LogP) is 4.19. The van der Waals surface area contributed by atoms with Crippen molar-refractivity contribution in [3.8, 4) is 11.3 Å². The molecule has 1 aromatic heterocycles. The second kappa shape index (κ2) is 8.57. The molecule has 5 heteroatoms. The maximum atomic E-state index is 13.0. The van der Waals surface area contributed by atoms with E-state index in [4.69, 9.17) is 4.98 Å². The van der Waals surface area contributed by atoms with Crippen molar-refractivity contribution in [2.75, 3.05) is 7.05 Å². The molecule has 0 aliphatic heterocycles. The monoisotopic (exact) mass is 395 g/mol. The summed E-state index contributed by atoms with van der Waals surface area (Å²) < 4.78 is 0. The Labute approximate surface area is 174 Å². The molecule has 0 spiro atoms. The summed E-state index contributed by atoms with van der Waals surface area (Å²) in [6, 6.07) is 26.5. The summed E-state index contributed by atoms with van der Waals surface area (Å²) in [6.07, 6.45) is 0. The first-order chi connectivity index (χ1) is 14.7. The highest BCUT2D eigenvalue weighted by Gasteiger charge is 2.14. The van der Waals surface area contributed by atoms with Gasteiger partial charge in [-0.3, -0.25) is 9.59 Å². The molecule has 4 rings (SSSR count). The second-order valence-corrected chi connectivity index (χ2v) is 6.90. The Balaban J connectivity index is 1.60. The number of amides is 2. The largest absolute Gasteiger partial charge is 0.355 e. The normalized spacial score (nSPS) is 10.6. The molecule has 5 nitrogen and oxygen atoms in total. The molecule has 1 heterocycles. The molecule has 0 saturated heterocycles. The topological polar surface area (TPSA) is 71.1 Å². The van der Waals surface area contributed by atoms with E-state index in [0.29, 0.717) is 17.7 Å². The van der Waals surface area contributed by atoms with Crippen LogP contribution in [0.4, 0.5) is 0 Å². The van der Waals surface area contributed by atoms with Crippen molar-refractivity contribution in [1.29, 1.82) is 0 Å². The molecule has 3 aromatic carbocycles. The van der Waals surface area contributed by atoms with E-state index in [2.05, 4.69) is 10.6 Å². The second-order valence-electron chi connectivity index (χ2n) is 6.90. The molecular weight excluding hydrogens is 374 g/mol. The number of fused-ring (bicyclic) bond motifs is 1. The minimum atomic E-state index is -0.166. The molecule has 0 fully saturated rings. The zero-order valence-electron chi connectivity index (χ0n) is 16.6. The smallest absolute Gasteiger partial charge is 0.252 e. The van der Waals surface area contributed by atoms with Gasteiger partial charge in [0.1, 0.15) is 0 Å². The lowest BCUT2D eigenvalue weighted by Crippen LogP contribution is -2.23. The van der Waals surface area contributed by atoms with Crippen molar-refractivity contribution in [2.45, 2.75) is 6.54 Å². The molecule has 2 N–H and O–H groups in total. The van der Waals surface area contributed by atoms with E-state index in [9.17, 15) is 9.59 Å². The first kappa shape index (κ1) is 19.3. The number of hydrogen-bond acceptors (Lipinski definition) is 3. The third-order valence-electron chi connectivity index (χ3n) is 4.93. The van der Waals surface area contributed by atoms with E-state index in [1.807, 2.05) is 72.8 Å². The van der Waals surface area contributed by atoms with Crippen LogP contribution < -0.4 is 10.6 Å². The van der Waals surface area contributed by atoms with Crippen LogP contribution in [0.25, 0.3) is 22.2 Å². The van der Waals surface area contributed by atoms with Crippen LogP contribution in [0.3, 0.4) is 0 Å². The van der Waals surface area contributed by atoms with Gasteiger partial charge in [0.05, 0.1) is 16.8 Å². The number of nitrogens with zero attached hydrogens (tertiary/aromatic N) is 1. The molecule has 4 aromatic rings. The van der Waals surface area contributed by atoms with Gasteiger partial charge in [0.2, 0.25) is 0 Å². The summed E-state index contributed by atoms with van der Waals surface area (Å²) in [4.78, 5) is 29.4. The fourth-order valence-electron chi connectivity index (χ4n) is 3.32. The number of nitrogens with one attached hydrogen (secondary N) is 2. The van der Waals surface area contributed by atoms with Crippen LogP contribution in [0.1, 0.15) is 26.3 Å². The molecule has 0 unspecified atom stereocenters. The van der Waals surface area contributed by atoms with E-state index >= 15 is 0 Å². The van der Waals surface area contributed by atoms with Gasteiger partial charge in [0.15, 0.2) is 0 Å². The fraction of sp³-hybridized carbons (Fsp3) is 0.0800. The van der Waals surface area contributed by atoms with Gasteiger partial charge in [-0.1, -0.05) is 60.7 Å². The molecule has 0 saturated carbocycles. The van der Waals surface area contributed by atoms with Crippen LogP contribution >= 0.6 is 0 Å².